The van der Waals surface area contributed by atoms with Crippen LogP contribution >= 0.6 is 0 Å². The molecule has 0 saturated carbocycles. The second kappa shape index (κ2) is 6.84. The number of anilines is 2. The van der Waals surface area contributed by atoms with Crippen LogP contribution in [0, 0.1) is 11.2 Å². The monoisotopic (exact) mass is 394 g/mol. The summed E-state index contributed by atoms with van der Waals surface area (Å²) < 4.78 is 18.7. The molecule has 3 aliphatic rings. The maximum atomic E-state index is 13.2. The Labute approximate surface area is 168 Å². The van der Waals surface area contributed by atoms with Crippen LogP contribution in [0.4, 0.5) is 15.8 Å². The first kappa shape index (κ1) is 18.1. The predicted octanol–water partition coefficient (Wildman–Crippen LogP) is 3.26. The van der Waals surface area contributed by atoms with E-state index in [4.69, 9.17) is 10.1 Å². The summed E-state index contributed by atoms with van der Waals surface area (Å²) in [6, 6.07) is 12.1. The van der Waals surface area contributed by atoms with E-state index in [-0.39, 0.29) is 23.7 Å². The molecule has 1 spiro atoms. The molecule has 1 aliphatic carbocycles. The quantitative estimate of drug-likeness (QED) is 0.747. The first-order valence-corrected chi connectivity index (χ1v) is 9.97. The summed E-state index contributed by atoms with van der Waals surface area (Å²) in [5.74, 6) is -0.127. The molecule has 2 fully saturated rings. The van der Waals surface area contributed by atoms with E-state index in [1.165, 1.54) is 12.1 Å². The van der Waals surface area contributed by atoms with E-state index in [2.05, 4.69) is 10.6 Å². The van der Waals surface area contributed by atoms with Gasteiger partial charge in [0.1, 0.15) is 5.82 Å². The van der Waals surface area contributed by atoms with Gasteiger partial charge in [-0.05, 0) is 54.3 Å². The molecule has 29 heavy (non-hydrogen) atoms. The first-order valence-electron chi connectivity index (χ1n) is 9.97. The van der Waals surface area contributed by atoms with Crippen molar-refractivity contribution in [3.63, 3.8) is 0 Å². The normalized spacial score (nSPS) is 26.0. The molecule has 5 rings (SSSR count). The highest BCUT2D eigenvalue weighted by Gasteiger charge is 2.51. The minimum absolute atomic E-state index is 0.0215. The van der Waals surface area contributed by atoms with Crippen LogP contribution in [-0.2, 0) is 21.5 Å². The lowest BCUT2D eigenvalue weighted by atomic mass is 9.67. The minimum atomic E-state index is -0.518. The summed E-state index contributed by atoms with van der Waals surface area (Å²) in [7, 11) is 0. The standard InChI is InChI=1S/C22H23FN4O2/c23-14-6-8-15(9-7-14)25-19-5-1-4-18-17(19)11-22(18)12-20(28)27(21(24)26-22)16-3-2-10-29-13-16/h1,4-9,16,25H,2-3,10-13H2,(H2,24,26)/t16-,22+/m1/s1. The average Bonchev–Trinajstić information content (AvgIpc) is 2.70. The Bertz CT molecular complexity index is 951. The van der Waals surface area contributed by atoms with E-state index in [1.54, 1.807) is 17.0 Å². The van der Waals surface area contributed by atoms with Crippen molar-refractivity contribution in [1.82, 2.24) is 10.2 Å². The van der Waals surface area contributed by atoms with Gasteiger partial charge in [0.05, 0.1) is 24.6 Å². The number of rotatable bonds is 3. The van der Waals surface area contributed by atoms with Gasteiger partial charge in [-0.25, -0.2) is 4.39 Å². The maximum Gasteiger partial charge on any atom is 0.232 e. The van der Waals surface area contributed by atoms with Gasteiger partial charge < -0.3 is 15.4 Å². The molecule has 150 valence electrons. The number of carbonyl (C=O) groups is 1. The maximum absolute atomic E-state index is 13.2. The van der Waals surface area contributed by atoms with Gasteiger partial charge in [0.25, 0.3) is 0 Å². The molecule has 2 aromatic rings. The van der Waals surface area contributed by atoms with Gasteiger partial charge in [0.2, 0.25) is 5.91 Å². The molecular formula is C22H23FN4O2. The molecule has 2 atom stereocenters. The number of amides is 1. The van der Waals surface area contributed by atoms with Gasteiger partial charge in [-0.15, -0.1) is 0 Å². The fraction of sp³-hybridized carbons (Fsp3) is 0.364. The Hall–Kier alpha value is -2.93. The van der Waals surface area contributed by atoms with Gasteiger partial charge in [-0.2, -0.15) is 0 Å². The number of fused-ring (bicyclic) bond motifs is 2. The van der Waals surface area contributed by atoms with E-state index in [9.17, 15) is 9.18 Å². The van der Waals surface area contributed by atoms with E-state index in [1.807, 2.05) is 18.2 Å². The van der Waals surface area contributed by atoms with Gasteiger partial charge in [0.15, 0.2) is 5.96 Å². The summed E-state index contributed by atoms with van der Waals surface area (Å²) in [4.78, 5) is 14.5. The zero-order valence-electron chi connectivity index (χ0n) is 16.0. The van der Waals surface area contributed by atoms with Gasteiger partial charge in [-0.1, -0.05) is 12.1 Å². The number of guanidine groups is 1. The van der Waals surface area contributed by atoms with Crippen molar-refractivity contribution < 1.29 is 13.9 Å². The molecule has 0 bridgehead atoms. The lowest BCUT2D eigenvalue weighted by Crippen LogP contribution is -2.67. The highest BCUT2D eigenvalue weighted by molar-refractivity contribution is 6.00. The Kier molecular flexibility index (Phi) is 4.28. The number of halogens is 1. The van der Waals surface area contributed by atoms with Crippen LogP contribution in [0.1, 0.15) is 30.4 Å². The predicted molar refractivity (Wildman–Crippen MR) is 108 cm³/mol. The van der Waals surface area contributed by atoms with Crippen molar-refractivity contribution >= 4 is 23.2 Å². The smallest absolute Gasteiger partial charge is 0.232 e. The van der Waals surface area contributed by atoms with E-state index >= 15 is 0 Å². The molecule has 2 aromatic carbocycles. The number of hydrogen-bond donors (Lipinski definition) is 3. The van der Waals surface area contributed by atoms with Crippen LogP contribution in [0.3, 0.4) is 0 Å². The number of hydrogen-bond acceptors (Lipinski definition) is 4. The van der Waals surface area contributed by atoms with Crippen LogP contribution in [0.15, 0.2) is 42.5 Å². The molecule has 2 saturated heterocycles. The SMILES string of the molecule is N=C1N[C@]2(CC(=O)N1[C@@H]1CCCOC1)Cc1c(Nc3ccc(F)cc3)cccc12. The third kappa shape index (κ3) is 3.06. The second-order valence-electron chi connectivity index (χ2n) is 8.01. The zero-order chi connectivity index (χ0) is 20.0. The summed E-state index contributed by atoms with van der Waals surface area (Å²) >= 11 is 0. The summed E-state index contributed by atoms with van der Waals surface area (Å²) in [5, 5.41) is 15.1. The molecule has 7 heteroatoms. The largest absolute Gasteiger partial charge is 0.379 e. The molecule has 0 aromatic heterocycles. The van der Waals surface area contributed by atoms with Gasteiger partial charge in [-0.3, -0.25) is 15.1 Å². The third-order valence-corrected chi connectivity index (χ3v) is 6.12. The van der Waals surface area contributed by atoms with Crippen LogP contribution in [0.2, 0.25) is 0 Å². The van der Waals surface area contributed by atoms with E-state index in [0.29, 0.717) is 19.4 Å². The van der Waals surface area contributed by atoms with Crippen molar-refractivity contribution in [2.45, 2.75) is 37.3 Å². The Morgan fingerprint density at radius 2 is 2.03 bits per heavy atom. The van der Waals surface area contributed by atoms with Gasteiger partial charge in [0, 0.05) is 24.4 Å². The molecule has 1 amide bonds. The van der Waals surface area contributed by atoms with Crippen molar-refractivity contribution in [3.8, 4) is 0 Å². The number of carbonyl (C=O) groups excluding carboxylic acids is 1. The van der Waals surface area contributed by atoms with Crippen LogP contribution in [0.5, 0.6) is 0 Å². The van der Waals surface area contributed by atoms with E-state index in [0.717, 1.165) is 42.0 Å². The molecule has 2 aliphatic heterocycles. The molecule has 0 radical (unpaired) electrons. The van der Waals surface area contributed by atoms with E-state index < -0.39 is 5.54 Å². The Balaban J connectivity index is 1.37. The molecular weight excluding hydrogens is 371 g/mol. The lowest BCUT2D eigenvalue weighted by Gasteiger charge is -2.51. The van der Waals surface area contributed by atoms with Crippen LogP contribution < -0.4 is 10.6 Å². The molecule has 2 heterocycles. The number of benzene rings is 2. The van der Waals surface area contributed by atoms with Crippen LogP contribution in [0.25, 0.3) is 0 Å². The molecule has 0 unspecified atom stereocenters. The second-order valence-corrected chi connectivity index (χ2v) is 8.01. The zero-order valence-corrected chi connectivity index (χ0v) is 16.0. The molecule has 6 nitrogen and oxygen atoms in total. The van der Waals surface area contributed by atoms with Crippen molar-refractivity contribution in [2.24, 2.45) is 0 Å². The summed E-state index contributed by atoms with van der Waals surface area (Å²) in [5.41, 5.74) is 3.41. The highest BCUT2D eigenvalue weighted by Crippen LogP contribution is 2.47. The number of ether oxygens (including phenoxy) is 1. The van der Waals surface area contributed by atoms with Crippen LogP contribution in [-0.4, -0.2) is 36.0 Å². The fourth-order valence-electron chi connectivity index (χ4n) is 4.70. The van der Waals surface area contributed by atoms with Crippen molar-refractivity contribution in [1.29, 1.82) is 5.41 Å². The minimum Gasteiger partial charge on any atom is -0.379 e. The third-order valence-electron chi connectivity index (χ3n) is 6.12. The van der Waals surface area contributed by atoms with Crippen molar-refractivity contribution in [3.05, 3.63) is 59.4 Å². The Morgan fingerprint density at radius 3 is 2.76 bits per heavy atom. The lowest BCUT2D eigenvalue weighted by molar-refractivity contribution is -0.135. The summed E-state index contributed by atoms with van der Waals surface area (Å²) in [6.07, 6.45) is 2.77. The van der Waals surface area contributed by atoms with Gasteiger partial charge >= 0.3 is 0 Å². The number of nitrogens with zero attached hydrogens (tertiary/aromatic N) is 1. The Morgan fingerprint density at radius 1 is 1.21 bits per heavy atom. The fourth-order valence-corrected chi connectivity index (χ4v) is 4.70. The average molecular weight is 394 g/mol. The topological polar surface area (TPSA) is 77.5 Å². The highest BCUT2D eigenvalue weighted by atomic mass is 19.1. The van der Waals surface area contributed by atoms with Crippen molar-refractivity contribution in [2.75, 3.05) is 18.5 Å². The number of nitrogens with one attached hydrogen (secondary N) is 3. The molecule has 3 N–H and O–H groups in total. The summed E-state index contributed by atoms with van der Waals surface area (Å²) in [6.45, 7) is 1.21. The first-order chi connectivity index (χ1) is 14.1.